The number of rotatable bonds is 9. The molecule has 1 aliphatic carbocycles. The van der Waals surface area contributed by atoms with Crippen molar-refractivity contribution in [3.8, 4) is 22.6 Å². The first kappa shape index (κ1) is 25.3. The first-order valence-electron chi connectivity index (χ1n) is 12.5. The highest BCUT2D eigenvalue weighted by Gasteiger charge is 2.24. The van der Waals surface area contributed by atoms with Gasteiger partial charge in [0.05, 0.1) is 38.5 Å². The molecule has 4 rings (SSSR count). The predicted molar refractivity (Wildman–Crippen MR) is 135 cm³/mol. The van der Waals surface area contributed by atoms with Crippen molar-refractivity contribution >= 4 is 11.7 Å². The average Bonchev–Trinajstić information content (AvgIpc) is 3.41. The summed E-state index contributed by atoms with van der Waals surface area (Å²) in [5, 5.41) is 0. The fourth-order valence-corrected chi connectivity index (χ4v) is 5.09. The zero-order chi connectivity index (χ0) is 24.8. The van der Waals surface area contributed by atoms with E-state index in [1.165, 1.54) is 12.8 Å². The van der Waals surface area contributed by atoms with Crippen LogP contribution in [0.1, 0.15) is 55.2 Å². The lowest BCUT2D eigenvalue weighted by Crippen LogP contribution is -2.26. The van der Waals surface area contributed by atoms with Crippen molar-refractivity contribution in [1.29, 1.82) is 0 Å². The fraction of sp³-hybridized carbons (Fsp3) is 0.536. The van der Waals surface area contributed by atoms with Crippen LogP contribution in [-0.2, 0) is 25.7 Å². The molecule has 2 fully saturated rings. The number of carbonyl (C=O) groups excluding carboxylic acids is 1. The van der Waals surface area contributed by atoms with Gasteiger partial charge in [0.15, 0.2) is 0 Å². The molecule has 0 atom stereocenters. The molecule has 35 heavy (non-hydrogen) atoms. The monoisotopic (exact) mass is 483 g/mol. The number of hydrogen-bond donors (Lipinski definition) is 1. The highest BCUT2D eigenvalue weighted by Crippen LogP contribution is 2.40. The number of hydrogen-bond acceptors (Lipinski definition) is 7. The topological polar surface area (TPSA) is 75.3 Å². The van der Waals surface area contributed by atoms with Crippen LogP contribution in [0.4, 0.5) is 5.69 Å². The maximum Gasteiger partial charge on any atom is 0.335 e. The van der Waals surface area contributed by atoms with Crippen molar-refractivity contribution < 1.29 is 28.6 Å². The van der Waals surface area contributed by atoms with E-state index in [2.05, 4.69) is 18.5 Å². The summed E-state index contributed by atoms with van der Waals surface area (Å²) in [6.07, 6.45) is 6.29. The Morgan fingerprint density at radius 1 is 0.971 bits per heavy atom. The van der Waals surface area contributed by atoms with Gasteiger partial charge in [0.2, 0.25) is 0 Å². The Bertz CT molecular complexity index is 1020. The molecule has 2 aromatic rings. The molecule has 190 valence electrons. The zero-order valence-electron chi connectivity index (χ0n) is 21.3. The highest BCUT2D eigenvalue weighted by atomic mass is 16.7. The molecule has 0 spiro atoms. The maximum absolute atomic E-state index is 12.5. The van der Waals surface area contributed by atoms with Gasteiger partial charge >= 0.3 is 5.97 Å². The van der Waals surface area contributed by atoms with Crippen LogP contribution < -0.4 is 15.0 Å². The molecule has 2 aromatic carbocycles. The number of ether oxygens (including phenoxy) is 4. The van der Waals surface area contributed by atoms with E-state index < -0.39 is 0 Å². The Morgan fingerprint density at radius 3 is 2.40 bits per heavy atom. The number of methoxy groups -OCH3 is 2. The van der Waals surface area contributed by atoms with E-state index in [1.807, 2.05) is 25.1 Å². The molecule has 0 unspecified atom stereocenters. The quantitative estimate of drug-likeness (QED) is 0.456. The van der Waals surface area contributed by atoms with Gasteiger partial charge in [0, 0.05) is 18.8 Å². The van der Waals surface area contributed by atoms with Crippen LogP contribution in [0.15, 0.2) is 24.3 Å². The first-order chi connectivity index (χ1) is 17.0. The van der Waals surface area contributed by atoms with Crippen LogP contribution in [-0.4, -0.2) is 39.5 Å². The normalized spacial score (nSPS) is 16.8. The average molecular weight is 484 g/mol. The largest absolute Gasteiger partial charge is 0.496 e. The molecule has 1 heterocycles. The molecule has 0 bridgehead atoms. The molecule has 1 aliphatic heterocycles. The van der Waals surface area contributed by atoms with E-state index in [4.69, 9.17) is 23.8 Å². The smallest absolute Gasteiger partial charge is 0.335 e. The van der Waals surface area contributed by atoms with Crippen LogP contribution in [0.2, 0.25) is 0 Å². The lowest BCUT2D eigenvalue weighted by molar-refractivity contribution is -0.148. The summed E-state index contributed by atoms with van der Waals surface area (Å²) in [5.41, 5.74) is 8.67. The van der Waals surface area contributed by atoms with Gasteiger partial charge < -0.3 is 23.8 Å². The number of carbonyl (C=O) groups is 1. The molecule has 1 saturated heterocycles. The molecule has 1 saturated carbocycles. The standard InChI is InChI=1S/C28H37NO6/c1-18-25(16-26(31-3)19(2)27(18)32-4)24-10-9-22(15-21(24)17-34-23-7-5-6-8-23)29-35-28(30)20-11-13-33-14-12-20/h9-10,15-16,20,23,29H,5-8,11-14,17H2,1-4H3. The Labute approximate surface area is 208 Å². The summed E-state index contributed by atoms with van der Waals surface area (Å²) < 4.78 is 23.0. The predicted octanol–water partition coefficient (Wildman–Crippen LogP) is 5.74. The lowest BCUT2D eigenvalue weighted by Gasteiger charge is -2.21. The van der Waals surface area contributed by atoms with E-state index in [0.717, 1.165) is 52.2 Å². The molecular formula is C28H37NO6. The van der Waals surface area contributed by atoms with Gasteiger partial charge in [-0.2, -0.15) is 0 Å². The Kier molecular flexibility index (Phi) is 8.52. The molecule has 0 radical (unpaired) electrons. The van der Waals surface area contributed by atoms with Gasteiger partial charge in [-0.25, -0.2) is 10.3 Å². The van der Waals surface area contributed by atoms with Crippen LogP contribution in [0.25, 0.3) is 11.1 Å². The van der Waals surface area contributed by atoms with E-state index in [1.54, 1.807) is 14.2 Å². The third kappa shape index (κ3) is 5.90. The molecule has 2 aliphatic rings. The molecule has 1 N–H and O–H groups in total. The minimum absolute atomic E-state index is 0.129. The molecular weight excluding hydrogens is 446 g/mol. The van der Waals surface area contributed by atoms with Crippen molar-refractivity contribution in [2.45, 2.75) is 65.1 Å². The Morgan fingerprint density at radius 2 is 1.71 bits per heavy atom. The van der Waals surface area contributed by atoms with Crippen molar-refractivity contribution in [3.63, 3.8) is 0 Å². The van der Waals surface area contributed by atoms with E-state index in [0.29, 0.717) is 38.3 Å². The van der Waals surface area contributed by atoms with Crippen LogP contribution in [0.5, 0.6) is 11.5 Å². The highest BCUT2D eigenvalue weighted by molar-refractivity contribution is 5.78. The SMILES string of the molecule is COc1cc(-c2ccc(NOC(=O)C3CCOCC3)cc2COC2CCCC2)c(C)c(OC)c1C. The Balaban J connectivity index is 1.61. The summed E-state index contributed by atoms with van der Waals surface area (Å²) in [7, 11) is 3.35. The van der Waals surface area contributed by atoms with Gasteiger partial charge in [-0.15, -0.1) is 0 Å². The van der Waals surface area contributed by atoms with Gasteiger partial charge in [0.25, 0.3) is 0 Å². The van der Waals surface area contributed by atoms with Crippen LogP contribution >= 0.6 is 0 Å². The van der Waals surface area contributed by atoms with Crippen molar-refractivity contribution in [2.24, 2.45) is 5.92 Å². The molecule has 0 amide bonds. The summed E-state index contributed by atoms with van der Waals surface area (Å²) in [6, 6.07) is 8.01. The van der Waals surface area contributed by atoms with Gasteiger partial charge in [-0.3, -0.25) is 0 Å². The summed E-state index contributed by atoms with van der Waals surface area (Å²) >= 11 is 0. The summed E-state index contributed by atoms with van der Waals surface area (Å²) in [4.78, 5) is 17.9. The van der Waals surface area contributed by atoms with Crippen molar-refractivity contribution in [2.75, 3.05) is 32.9 Å². The third-order valence-electron chi connectivity index (χ3n) is 7.15. The van der Waals surface area contributed by atoms with E-state index >= 15 is 0 Å². The van der Waals surface area contributed by atoms with Crippen LogP contribution in [0, 0.1) is 19.8 Å². The summed E-state index contributed by atoms with van der Waals surface area (Å²) in [6.45, 7) is 5.73. The van der Waals surface area contributed by atoms with Crippen molar-refractivity contribution in [1.82, 2.24) is 0 Å². The third-order valence-corrected chi connectivity index (χ3v) is 7.15. The van der Waals surface area contributed by atoms with E-state index in [9.17, 15) is 4.79 Å². The Hall–Kier alpha value is -2.77. The van der Waals surface area contributed by atoms with E-state index in [-0.39, 0.29) is 18.0 Å². The fourth-order valence-electron chi connectivity index (χ4n) is 5.09. The number of anilines is 1. The second-order valence-corrected chi connectivity index (χ2v) is 9.41. The van der Waals surface area contributed by atoms with Gasteiger partial charge in [-0.1, -0.05) is 18.9 Å². The minimum Gasteiger partial charge on any atom is -0.496 e. The van der Waals surface area contributed by atoms with Gasteiger partial charge in [-0.05, 0) is 80.0 Å². The maximum atomic E-state index is 12.5. The lowest BCUT2D eigenvalue weighted by atomic mass is 9.93. The number of nitrogens with one attached hydrogen (secondary N) is 1. The van der Waals surface area contributed by atoms with Gasteiger partial charge in [0.1, 0.15) is 11.5 Å². The molecule has 7 nitrogen and oxygen atoms in total. The minimum atomic E-state index is -0.245. The molecule has 0 aromatic heterocycles. The summed E-state index contributed by atoms with van der Waals surface area (Å²) in [5.74, 6) is 1.22. The number of benzene rings is 2. The van der Waals surface area contributed by atoms with Crippen molar-refractivity contribution in [3.05, 3.63) is 41.0 Å². The van der Waals surface area contributed by atoms with Crippen LogP contribution in [0.3, 0.4) is 0 Å². The zero-order valence-corrected chi connectivity index (χ0v) is 21.3. The second kappa shape index (κ2) is 11.8. The second-order valence-electron chi connectivity index (χ2n) is 9.41. The first-order valence-corrected chi connectivity index (χ1v) is 12.5. The molecule has 7 heteroatoms.